The molecule has 1 aliphatic heterocycles. The summed E-state index contributed by atoms with van der Waals surface area (Å²) in [6.07, 6.45) is 3.06. The molecule has 1 heterocycles. The third-order valence-corrected chi connectivity index (χ3v) is 6.71. The molecule has 2 aromatic rings. The van der Waals surface area contributed by atoms with Gasteiger partial charge in [0, 0.05) is 29.9 Å². The molecule has 148 valence electrons. The number of carbonyl (C=O) groups is 1. The molecule has 28 heavy (non-hydrogen) atoms. The van der Waals surface area contributed by atoms with E-state index in [9.17, 15) is 4.79 Å². The first-order valence-corrected chi connectivity index (χ1v) is 10.2. The van der Waals surface area contributed by atoms with Crippen molar-refractivity contribution in [3.05, 3.63) is 59.2 Å². The largest absolute Gasteiger partial charge is 0.493 e. The average Bonchev–Trinajstić information content (AvgIpc) is 3.03. The maximum Gasteiger partial charge on any atom is 0.166 e. The van der Waals surface area contributed by atoms with Crippen molar-refractivity contribution in [2.75, 3.05) is 34.4 Å². The van der Waals surface area contributed by atoms with Gasteiger partial charge in [0.1, 0.15) is 6.54 Å². The Morgan fingerprint density at radius 3 is 2.29 bits per heavy atom. The molecule has 1 unspecified atom stereocenters. The lowest BCUT2D eigenvalue weighted by atomic mass is 9.81. The van der Waals surface area contributed by atoms with E-state index in [-0.39, 0.29) is 5.92 Å². The van der Waals surface area contributed by atoms with Crippen LogP contribution in [0.1, 0.15) is 34.3 Å². The van der Waals surface area contributed by atoms with Gasteiger partial charge in [-0.3, -0.25) is 4.79 Å². The van der Waals surface area contributed by atoms with Gasteiger partial charge in [-0.2, -0.15) is 0 Å². The summed E-state index contributed by atoms with van der Waals surface area (Å²) in [6.45, 7) is 3.33. The first-order valence-electron chi connectivity index (χ1n) is 10.2. The molecule has 1 aliphatic carbocycles. The Hall–Kier alpha value is -2.33. The predicted octanol–water partition coefficient (Wildman–Crippen LogP) is 4.12. The molecule has 1 saturated heterocycles. The van der Waals surface area contributed by atoms with E-state index in [1.54, 1.807) is 14.2 Å². The van der Waals surface area contributed by atoms with Crippen LogP contribution in [-0.4, -0.2) is 44.6 Å². The minimum Gasteiger partial charge on any atom is -0.493 e. The second-order valence-electron chi connectivity index (χ2n) is 8.59. The standard InChI is InChI=1S/C24H30NO3/c1-25(16-17-7-5-4-6-8-17)11-9-18(10-12-25)20-13-19-14-22(27-2)23(28-3)15-21(19)24(20)26/h4-8,14-15,18,20H,9-13,16H2,1-3H3/q+1. The summed E-state index contributed by atoms with van der Waals surface area (Å²) in [7, 11) is 5.61. The SMILES string of the molecule is COc1cc2c(cc1OC)C(=O)C(C1CC[N+](C)(Cc3ccccc3)CC1)C2. The summed E-state index contributed by atoms with van der Waals surface area (Å²) >= 11 is 0. The fourth-order valence-corrected chi connectivity index (χ4v) is 5.03. The predicted molar refractivity (Wildman–Crippen MR) is 110 cm³/mol. The molecular formula is C24H30NO3+. The molecule has 1 atom stereocenters. The zero-order valence-corrected chi connectivity index (χ0v) is 17.1. The molecular weight excluding hydrogens is 350 g/mol. The number of fused-ring (bicyclic) bond motifs is 1. The molecule has 0 bridgehead atoms. The highest BCUT2D eigenvalue weighted by atomic mass is 16.5. The highest BCUT2D eigenvalue weighted by molar-refractivity contribution is 6.03. The number of quaternary nitrogens is 1. The van der Waals surface area contributed by atoms with Crippen molar-refractivity contribution in [1.82, 2.24) is 0 Å². The number of Topliss-reactive ketones (excluding diaryl/α,β-unsaturated/α-hetero) is 1. The maximum absolute atomic E-state index is 13.1. The second kappa shape index (κ2) is 7.59. The molecule has 0 amide bonds. The van der Waals surface area contributed by atoms with Crippen LogP contribution in [0, 0.1) is 11.8 Å². The van der Waals surface area contributed by atoms with E-state index in [1.165, 1.54) is 5.56 Å². The van der Waals surface area contributed by atoms with Crippen LogP contribution in [0.25, 0.3) is 0 Å². The zero-order valence-electron chi connectivity index (χ0n) is 17.1. The van der Waals surface area contributed by atoms with Gasteiger partial charge in [0.2, 0.25) is 0 Å². The summed E-state index contributed by atoms with van der Waals surface area (Å²) in [5.74, 6) is 2.23. The average molecular weight is 381 g/mol. The molecule has 0 N–H and O–H groups in total. The molecule has 1 fully saturated rings. The molecule has 2 aromatic carbocycles. The van der Waals surface area contributed by atoms with Crippen molar-refractivity contribution in [2.24, 2.45) is 11.8 Å². The van der Waals surface area contributed by atoms with Crippen LogP contribution in [0.2, 0.25) is 0 Å². The topological polar surface area (TPSA) is 35.5 Å². The van der Waals surface area contributed by atoms with Crippen molar-refractivity contribution >= 4 is 5.78 Å². The van der Waals surface area contributed by atoms with Gasteiger partial charge in [0.25, 0.3) is 0 Å². The fourth-order valence-electron chi connectivity index (χ4n) is 5.03. The summed E-state index contributed by atoms with van der Waals surface area (Å²) in [5, 5.41) is 0. The fraction of sp³-hybridized carbons (Fsp3) is 0.458. The van der Waals surface area contributed by atoms with Crippen molar-refractivity contribution in [3.8, 4) is 11.5 Å². The normalized spacial score (nSPS) is 26.8. The maximum atomic E-state index is 13.1. The Labute approximate surface area is 167 Å². The Kier molecular flexibility index (Phi) is 5.15. The monoisotopic (exact) mass is 380 g/mol. The lowest BCUT2D eigenvalue weighted by molar-refractivity contribution is -0.928. The molecule has 4 rings (SSSR count). The summed E-state index contributed by atoms with van der Waals surface area (Å²) in [5.41, 5.74) is 3.33. The van der Waals surface area contributed by atoms with Crippen LogP contribution in [0.3, 0.4) is 0 Å². The van der Waals surface area contributed by atoms with E-state index < -0.39 is 0 Å². The Bertz CT molecular complexity index is 854. The van der Waals surface area contributed by atoms with E-state index >= 15 is 0 Å². The van der Waals surface area contributed by atoms with Crippen LogP contribution >= 0.6 is 0 Å². The molecule has 2 aliphatic rings. The highest BCUT2D eigenvalue weighted by Crippen LogP contribution is 2.41. The number of piperidine rings is 1. The number of carbonyl (C=O) groups excluding carboxylic acids is 1. The highest BCUT2D eigenvalue weighted by Gasteiger charge is 2.41. The van der Waals surface area contributed by atoms with Crippen molar-refractivity contribution in [2.45, 2.75) is 25.8 Å². The Morgan fingerprint density at radius 1 is 1.00 bits per heavy atom. The quantitative estimate of drug-likeness (QED) is 0.732. The van der Waals surface area contributed by atoms with Crippen molar-refractivity contribution in [1.29, 1.82) is 0 Å². The molecule has 0 aromatic heterocycles. The van der Waals surface area contributed by atoms with E-state index in [0.29, 0.717) is 23.2 Å². The van der Waals surface area contributed by atoms with Crippen LogP contribution in [0.5, 0.6) is 11.5 Å². The van der Waals surface area contributed by atoms with Gasteiger partial charge < -0.3 is 14.0 Å². The number of hydrogen-bond donors (Lipinski definition) is 0. The first kappa shape index (κ1) is 19.0. The molecule has 0 radical (unpaired) electrons. The summed E-state index contributed by atoms with van der Waals surface area (Å²) < 4.78 is 11.9. The van der Waals surface area contributed by atoms with Gasteiger partial charge in [-0.15, -0.1) is 0 Å². The van der Waals surface area contributed by atoms with E-state index in [0.717, 1.165) is 54.5 Å². The van der Waals surface area contributed by atoms with Crippen molar-refractivity contribution < 1.29 is 18.8 Å². The zero-order chi connectivity index (χ0) is 19.7. The Morgan fingerprint density at radius 2 is 1.64 bits per heavy atom. The second-order valence-corrected chi connectivity index (χ2v) is 8.59. The van der Waals surface area contributed by atoms with E-state index in [2.05, 4.69) is 37.4 Å². The number of nitrogens with zero attached hydrogens (tertiary/aromatic N) is 1. The summed E-state index contributed by atoms with van der Waals surface area (Å²) in [6, 6.07) is 14.6. The summed E-state index contributed by atoms with van der Waals surface area (Å²) in [4.78, 5) is 13.1. The van der Waals surface area contributed by atoms with Crippen LogP contribution < -0.4 is 9.47 Å². The minimum absolute atomic E-state index is 0.109. The van der Waals surface area contributed by atoms with Crippen LogP contribution in [0.15, 0.2) is 42.5 Å². The number of benzene rings is 2. The minimum atomic E-state index is 0.109. The van der Waals surface area contributed by atoms with E-state index in [4.69, 9.17) is 9.47 Å². The smallest absolute Gasteiger partial charge is 0.166 e. The van der Waals surface area contributed by atoms with Gasteiger partial charge in [0.05, 0.1) is 34.4 Å². The Balaban J connectivity index is 1.44. The van der Waals surface area contributed by atoms with Crippen molar-refractivity contribution in [3.63, 3.8) is 0 Å². The molecule has 4 heteroatoms. The third kappa shape index (κ3) is 3.53. The lowest BCUT2D eigenvalue weighted by Crippen LogP contribution is -2.50. The van der Waals surface area contributed by atoms with Gasteiger partial charge in [-0.05, 0) is 30.0 Å². The van der Waals surface area contributed by atoms with Gasteiger partial charge in [0.15, 0.2) is 17.3 Å². The number of ether oxygens (including phenoxy) is 2. The molecule has 4 nitrogen and oxygen atoms in total. The van der Waals surface area contributed by atoms with E-state index in [1.807, 2.05) is 12.1 Å². The number of hydrogen-bond acceptors (Lipinski definition) is 3. The lowest BCUT2D eigenvalue weighted by Gasteiger charge is -2.42. The first-order chi connectivity index (χ1) is 13.5. The number of rotatable bonds is 5. The molecule has 0 saturated carbocycles. The van der Waals surface area contributed by atoms with Gasteiger partial charge in [-0.25, -0.2) is 0 Å². The molecule has 0 spiro atoms. The van der Waals surface area contributed by atoms with Crippen LogP contribution in [-0.2, 0) is 13.0 Å². The third-order valence-electron chi connectivity index (χ3n) is 6.71. The number of likely N-dealkylation sites (tertiary alicyclic amines) is 1. The number of methoxy groups -OCH3 is 2. The van der Waals surface area contributed by atoms with Gasteiger partial charge in [-0.1, -0.05) is 30.3 Å². The van der Waals surface area contributed by atoms with Crippen LogP contribution in [0.4, 0.5) is 0 Å². The van der Waals surface area contributed by atoms with Gasteiger partial charge >= 0.3 is 0 Å². The number of ketones is 1.